The monoisotopic (exact) mass is 532 g/mol. The molecule has 0 aromatic heterocycles. The first-order valence-electron chi connectivity index (χ1n) is 13.9. The van der Waals surface area contributed by atoms with E-state index >= 15 is 0 Å². The molecule has 0 spiro atoms. The van der Waals surface area contributed by atoms with Crippen molar-refractivity contribution >= 4 is 23.5 Å². The summed E-state index contributed by atoms with van der Waals surface area (Å²) in [4.78, 5) is 26.8. The fourth-order valence-electron chi connectivity index (χ4n) is 4.38. The van der Waals surface area contributed by atoms with E-state index in [1.165, 1.54) is 0 Å². The Balaban J connectivity index is 1.78. The summed E-state index contributed by atoms with van der Waals surface area (Å²) < 4.78 is 12.1. The van der Waals surface area contributed by atoms with Crippen LogP contribution in [0.15, 0.2) is 97.1 Å². The molecular weight excluding hydrogens is 496 g/mol. The Kier molecular flexibility index (Phi) is 9.69. The molecule has 4 aromatic carbocycles. The lowest BCUT2D eigenvalue weighted by Gasteiger charge is -2.17. The van der Waals surface area contributed by atoms with Gasteiger partial charge in [0.15, 0.2) is 11.5 Å². The van der Waals surface area contributed by atoms with Crippen molar-refractivity contribution in [3.63, 3.8) is 0 Å². The highest BCUT2D eigenvalue weighted by molar-refractivity contribution is 6.00. The SMILES string of the molecule is CCCc1ccc(C(=O)O/C(=C(/OC(=O)c2ccc(CCC)cc2)c2ccc(C)cc2)c2ccc(C)cc2)cc1. The van der Waals surface area contributed by atoms with Crippen LogP contribution in [0.5, 0.6) is 0 Å². The van der Waals surface area contributed by atoms with Gasteiger partial charge in [-0.25, -0.2) is 9.59 Å². The normalized spacial score (nSPS) is 11.5. The quantitative estimate of drug-likeness (QED) is 0.116. The summed E-state index contributed by atoms with van der Waals surface area (Å²) in [6.07, 6.45) is 3.93. The molecule has 0 aliphatic carbocycles. The molecule has 0 saturated carbocycles. The number of aryl methyl sites for hydroxylation is 4. The Hall–Kier alpha value is -4.44. The fourth-order valence-corrected chi connectivity index (χ4v) is 4.38. The lowest BCUT2D eigenvalue weighted by Crippen LogP contribution is -2.11. The number of hydrogen-bond donors (Lipinski definition) is 0. The highest BCUT2D eigenvalue weighted by atomic mass is 16.6. The Morgan fingerprint density at radius 3 is 1.07 bits per heavy atom. The zero-order chi connectivity index (χ0) is 28.5. The van der Waals surface area contributed by atoms with Crippen molar-refractivity contribution in [2.24, 2.45) is 0 Å². The van der Waals surface area contributed by atoms with Crippen LogP contribution in [0.25, 0.3) is 11.5 Å². The maximum atomic E-state index is 13.4. The van der Waals surface area contributed by atoms with Crippen molar-refractivity contribution in [2.45, 2.75) is 53.4 Å². The lowest BCUT2D eigenvalue weighted by molar-refractivity contribution is 0.0646. The number of benzene rings is 4. The van der Waals surface area contributed by atoms with Crippen LogP contribution in [-0.4, -0.2) is 11.9 Å². The van der Waals surface area contributed by atoms with Crippen LogP contribution < -0.4 is 0 Å². The third kappa shape index (κ3) is 7.35. The van der Waals surface area contributed by atoms with Gasteiger partial charge in [-0.1, -0.05) is 111 Å². The second-order valence-electron chi connectivity index (χ2n) is 10.1. The van der Waals surface area contributed by atoms with Crippen molar-refractivity contribution in [1.29, 1.82) is 0 Å². The molecule has 0 N–H and O–H groups in total. The minimum Gasteiger partial charge on any atom is -0.418 e. The smallest absolute Gasteiger partial charge is 0.343 e. The van der Waals surface area contributed by atoms with E-state index in [0.717, 1.165) is 47.9 Å². The first-order valence-corrected chi connectivity index (χ1v) is 13.9. The molecule has 0 atom stereocenters. The summed E-state index contributed by atoms with van der Waals surface area (Å²) in [6.45, 7) is 8.21. The molecule has 0 unspecified atom stereocenters. The molecule has 204 valence electrons. The van der Waals surface area contributed by atoms with Gasteiger partial charge in [0.05, 0.1) is 11.1 Å². The van der Waals surface area contributed by atoms with Gasteiger partial charge in [-0.15, -0.1) is 0 Å². The summed E-state index contributed by atoms with van der Waals surface area (Å²) in [5.74, 6) is -0.684. The van der Waals surface area contributed by atoms with E-state index in [1.807, 2.05) is 86.6 Å². The van der Waals surface area contributed by atoms with Gasteiger partial charge in [0.25, 0.3) is 0 Å². The zero-order valence-electron chi connectivity index (χ0n) is 23.7. The number of esters is 2. The van der Waals surface area contributed by atoms with Crippen LogP contribution in [0.4, 0.5) is 0 Å². The third-order valence-electron chi connectivity index (χ3n) is 6.68. The molecule has 0 fully saturated rings. The summed E-state index contributed by atoms with van der Waals surface area (Å²) in [6, 6.07) is 30.1. The van der Waals surface area contributed by atoms with E-state index in [1.54, 1.807) is 24.3 Å². The molecule has 4 aromatic rings. The number of carbonyl (C=O) groups is 2. The zero-order valence-corrected chi connectivity index (χ0v) is 23.7. The number of carbonyl (C=O) groups excluding carboxylic acids is 2. The molecule has 4 rings (SSSR count). The molecule has 0 saturated heterocycles. The summed E-state index contributed by atoms with van der Waals surface area (Å²) >= 11 is 0. The Labute approximate surface area is 237 Å². The fraction of sp³-hybridized carbons (Fsp3) is 0.222. The minimum atomic E-state index is -0.525. The molecule has 0 amide bonds. The van der Waals surface area contributed by atoms with E-state index in [2.05, 4.69) is 13.8 Å². The second-order valence-corrected chi connectivity index (χ2v) is 10.1. The second kappa shape index (κ2) is 13.6. The van der Waals surface area contributed by atoms with Crippen molar-refractivity contribution in [2.75, 3.05) is 0 Å². The molecule has 40 heavy (non-hydrogen) atoms. The van der Waals surface area contributed by atoms with Crippen molar-refractivity contribution < 1.29 is 19.1 Å². The van der Waals surface area contributed by atoms with Gasteiger partial charge >= 0.3 is 11.9 Å². The summed E-state index contributed by atoms with van der Waals surface area (Å²) in [7, 11) is 0. The maximum absolute atomic E-state index is 13.4. The van der Waals surface area contributed by atoms with Gasteiger partial charge in [-0.05, 0) is 62.1 Å². The molecular formula is C36H36O4. The molecule has 4 nitrogen and oxygen atoms in total. The Morgan fingerprint density at radius 2 is 0.775 bits per heavy atom. The maximum Gasteiger partial charge on any atom is 0.343 e. The van der Waals surface area contributed by atoms with Gasteiger partial charge in [-0.2, -0.15) is 0 Å². The van der Waals surface area contributed by atoms with Gasteiger partial charge in [0.2, 0.25) is 0 Å². The highest BCUT2D eigenvalue weighted by Crippen LogP contribution is 2.31. The molecule has 0 bridgehead atoms. The van der Waals surface area contributed by atoms with Gasteiger partial charge in [0.1, 0.15) is 0 Å². The van der Waals surface area contributed by atoms with E-state index < -0.39 is 11.9 Å². The molecule has 0 aliphatic heterocycles. The van der Waals surface area contributed by atoms with Crippen LogP contribution in [0.3, 0.4) is 0 Å². The Bertz CT molecular complexity index is 1350. The van der Waals surface area contributed by atoms with Crippen LogP contribution in [-0.2, 0) is 22.3 Å². The lowest BCUT2D eigenvalue weighted by atomic mass is 10.0. The van der Waals surface area contributed by atoms with Gasteiger partial charge in [0, 0.05) is 11.1 Å². The van der Waals surface area contributed by atoms with Gasteiger partial charge in [-0.3, -0.25) is 0 Å². The average Bonchev–Trinajstić information content (AvgIpc) is 2.97. The van der Waals surface area contributed by atoms with Crippen molar-refractivity contribution in [1.82, 2.24) is 0 Å². The minimum absolute atomic E-state index is 0.183. The highest BCUT2D eigenvalue weighted by Gasteiger charge is 2.23. The topological polar surface area (TPSA) is 52.6 Å². The predicted octanol–water partition coefficient (Wildman–Crippen LogP) is 8.75. The third-order valence-corrected chi connectivity index (χ3v) is 6.68. The molecule has 0 aliphatic rings. The average molecular weight is 533 g/mol. The van der Waals surface area contributed by atoms with E-state index in [0.29, 0.717) is 22.3 Å². The first kappa shape index (κ1) is 28.6. The van der Waals surface area contributed by atoms with E-state index in [-0.39, 0.29) is 11.5 Å². The van der Waals surface area contributed by atoms with Crippen LogP contribution in [0, 0.1) is 13.8 Å². The summed E-state index contributed by atoms with van der Waals surface area (Å²) in [5, 5.41) is 0. The first-order chi connectivity index (χ1) is 19.4. The summed E-state index contributed by atoms with van der Waals surface area (Å²) in [5.41, 5.74) is 6.53. The molecule has 0 radical (unpaired) electrons. The van der Waals surface area contributed by atoms with E-state index in [4.69, 9.17) is 9.47 Å². The molecule has 4 heteroatoms. The standard InChI is InChI=1S/C36H36O4/c1-5-7-27-13-21-31(22-14-27)35(37)39-33(29-17-9-25(3)10-18-29)34(30-19-11-26(4)12-20-30)40-36(38)32-23-15-28(8-6-2)16-24-32/h9-24H,5-8H2,1-4H3/b34-33+. The van der Waals surface area contributed by atoms with Crippen LogP contribution >= 0.6 is 0 Å². The van der Waals surface area contributed by atoms with Crippen molar-refractivity contribution in [3.05, 3.63) is 142 Å². The number of rotatable bonds is 10. The van der Waals surface area contributed by atoms with Crippen LogP contribution in [0.2, 0.25) is 0 Å². The number of hydrogen-bond acceptors (Lipinski definition) is 4. The Morgan fingerprint density at radius 1 is 0.475 bits per heavy atom. The van der Waals surface area contributed by atoms with Crippen molar-refractivity contribution in [3.8, 4) is 0 Å². The number of ether oxygens (including phenoxy) is 2. The van der Waals surface area contributed by atoms with Crippen LogP contribution in [0.1, 0.15) is 80.8 Å². The predicted molar refractivity (Wildman–Crippen MR) is 161 cm³/mol. The largest absolute Gasteiger partial charge is 0.418 e. The van der Waals surface area contributed by atoms with Gasteiger partial charge < -0.3 is 9.47 Å². The van der Waals surface area contributed by atoms with E-state index in [9.17, 15) is 9.59 Å². The molecule has 0 heterocycles.